The lowest BCUT2D eigenvalue weighted by molar-refractivity contribution is 0.456. The van der Waals surface area contributed by atoms with Crippen molar-refractivity contribution in [2.24, 2.45) is 0 Å². The van der Waals surface area contributed by atoms with Crippen molar-refractivity contribution in [1.29, 1.82) is 0 Å². The summed E-state index contributed by atoms with van der Waals surface area (Å²) in [6.07, 6.45) is 0. The van der Waals surface area contributed by atoms with Gasteiger partial charge in [0.25, 0.3) is 0 Å². The second-order valence-electron chi connectivity index (χ2n) is 17.4. The monoisotopic (exact) mass is 999 g/mol. The van der Waals surface area contributed by atoms with Crippen molar-refractivity contribution < 1.29 is 9.47 Å². The van der Waals surface area contributed by atoms with Crippen molar-refractivity contribution in [3.05, 3.63) is 211 Å². The number of nitrogens with zero attached hydrogens (tertiary/aromatic N) is 5. The summed E-state index contributed by atoms with van der Waals surface area (Å²) in [5, 5.41) is 19.4. The maximum absolute atomic E-state index is 7.01. The number of benzene rings is 10. The van der Waals surface area contributed by atoms with Crippen LogP contribution in [0.25, 0.3) is 112 Å². The van der Waals surface area contributed by atoms with E-state index in [1.54, 1.807) is 0 Å². The number of para-hydroxylation sites is 4. The maximum atomic E-state index is 7.01. The highest BCUT2D eigenvalue weighted by molar-refractivity contribution is 9.10. The van der Waals surface area contributed by atoms with E-state index in [9.17, 15) is 0 Å². The number of rotatable bonds is 7. The third-order valence-electron chi connectivity index (χ3n) is 13.6. The summed E-state index contributed by atoms with van der Waals surface area (Å²) in [5.74, 6) is 2.52. The van der Waals surface area contributed by atoms with Gasteiger partial charge in [0.15, 0.2) is 5.75 Å². The highest BCUT2D eigenvalue weighted by Crippen LogP contribution is 2.48. The van der Waals surface area contributed by atoms with E-state index in [4.69, 9.17) is 14.7 Å². The quantitative estimate of drug-likeness (QED) is 0.160. The van der Waals surface area contributed by atoms with E-state index < -0.39 is 0 Å². The van der Waals surface area contributed by atoms with Crippen LogP contribution in [0.15, 0.2) is 211 Å². The molecule has 7 nitrogen and oxygen atoms in total. The third kappa shape index (κ3) is 5.84. The smallest absolute Gasteiger partial charge is 0.155 e. The Bertz CT molecular complexity index is 4650. The van der Waals surface area contributed by atoms with Gasteiger partial charge in [-0.15, -0.1) is 27.8 Å². The van der Waals surface area contributed by atoms with Gasteiger partial charge in [-0.25, -0.2) is 4.68 Å². The normalized spacial score (nSPS) is 12.1. The SMILES string of the molecule is Brc1c(Oc2cccc(Oc3cccc(-n4c5ccccc5c5c6c(ccc54)sc4ccccc46)c3-n3nnc4ccccc43)c2)cccc1-n1c2ccccc2c2c3c(ccc21)sc1ccccc13. The second kappa shape index (κ2) is 15.4. The van der Waals surface area contributed by atoms with Crippen molar-refractivity contribution in [2.45, 2.75) is 0 Å². The molecule has 0 N–H and O–H groups in total. The Morgan fingerprint density at radius 3 is 1.53 bits per heavy atom. The van der Waals surface area contributed by atoms with Gasteiger partial charge in [-0.3, -0.25) is 0 Å². The van der Waals surface area contributed by atoms with Gasteiger partial charge in [-0.05, 0) is 113 Å². The average molecular weight is 1000 g/mol. The number of aromatic nitrogens is 5. The van der Waals surface area contributed by atoms with Crippen molar-refractivity contribution in [2.75, 3.05) is 0 Å². The lowest BCUT2D eigenvalue weighted by Gasteiger charge is -2.18. The number of halogens is 1. The summed E-state index contributed by atoms with van der Waals surface area (Å²) in [6, 6.07) is 72.0. The molecule has 5 aromatic heterocycles. The first-order valence-corrected chi connectivity index (χ1v) is 25.4. The molecule has 10 aromatic carbocycles. The van der Waals surface area contributed by atoms with Gasteiger partial charge in [0, 0.05) is 68.0 Å². The molecule has 0 saturated heterocycles. The topological polar surface area (TPSA) is 59.0 Å². The fourth-order valence-electron chi connectivity index (χ4n) is 10.7. The summed E-state index contributed by atoms with van der Waals surface area (Å²) < 4.78 is 26.3. The predicted molar refractivity (Wildman–Crippen MR) is 294 cm³/mol. The van der Waals surface area contributed by atoms with Crippen LogP contribution in [0.3, 0.4) is 0 Å². The molecule has 0 saturated carbocycles. The molecule has 0 spiro atoms. The van der Waals surface area contributed by atoms with Crippen LogP contribution in [0.5, 0.6) is 23.0 Å². The summed E-state index contributed by atoms with van der Waals surface area (Å²) in [6.45, 7) is 0. The Kier molecular flexibility index (Phi) is 8.71. The zero-order chi connectivity index (χ0) is 46.0. The highest BCUT2D eigenvalue weighted by Gasteiger charge is 2.25. The van der Waals surface area contributed by atoms with Crippen LogP contribution in [0.2, 0.25) is 0 Å². The first-order chi connectivity index (χ1) is 34.6. The summed E-state index contributed by atoms with van der Waals surface area (Å²) in [4.78, 5) is 0. The van der Waals surface area contributed by atoms with Crippen LogP contribution in [0, 0.1) is 0 Å². The van der Waals surface area contributed by atoms with Gasteiger partial charge in [0.05, 0.1) is 43.4 Å². The Balaban J connectivity index is 0.857. The highest BCUT2D eigenvalue weighted by atomic mass is 79.9. The van der Waals surface area contributed by atoms with Gasteiger partial charge in [-0.1, -0.05) is 108 Å². The molecule has 0 fully saturated rings. The Labute approximate surface area is 415 Å². The molecule has 5 heterocycles. The average Bonchev–Trinajstić information content (AvgIpc) is 4.23. The van der Waals surface area contributed by atoms with Crippen LogP contribution in [0.4, 0.5) is 0 Å². The first-order valence-electron chi connectivity index (χ1n) is 23.0. The van der Waals surface area contributed by atoms with Crippen molar-refractivity contribution >= 4 is 134 Å². The zero-order valence-electron chi connectivity index (χ0n) is 36.9. The molecule has 15 rings (SSSR count). The first kappa shape index (κ1) is 39.7. The molecule has 0 bridgehead atoms. The number of ether oxygens (including phenoxy) is 2. The molecule has 0 aliphatic carbocycles. The fraction of sp³-hybridized carbons (Fsp3) is 0. The van der Waals surface area contributed by atoms with E-state index in [1.165, 1.54) is 61.9 Å². The van der Waals surface area contributed by atoms with Crippen LogP contribution >= 0.6 is 38.6 Å². The molecule has 10 heteroatoms. The molecule has 330 valence electrons. The largest absolute Gasteiger partial charge is 0.456 e. The molecule has 70 heavy (non-hydrogen) atoms. The van der Waals surface area contributed by atoms with Crippen LogP contribution in [-0.4, -0.2) is 24.1 Å². The van der Waals surface area contributed by atoms with Gasteiger partial charge >= 0.3 is 0 Å². The van der Waals surface area contributed by atoms with Crippen LogP contribution in [0.1, 0.15) is 0 Å². The number of fused-ring (bicyclic) bond motifs is 15. The van der Waals surface area contributed by atoms with Gasteiger partial charge < -0.3 is 18.6 Å². The van der Waals surface area contributed by atoms with E-state index in [2.05, 4.69) is 176 Å². The van der Waals surface area contributed by atoms with E-state index in [0.717, 1.165) is 54.6 Å². The van der Waals surface area contributed by atoms with Crippen molar-refractivity contribution in [3.63, 3.8) is 0 Å². The summed E-state index contributed by atoms with van der Waals surface area (Å²) in [5.41, 5.74) is 8.74. The van der Waals surface area contributed by atoms with E-state index in [-0.39, 0.29) is 0 Å². The van der Waals surface area contributed by atoms with Crippen molar-refractivity contribution in [1.82, 2.24) is 24.1 Å². The summed E-state index contributed by atoms with van der Waals surface area (Å²) in [7, 11) is 0. The number of hydrogen-bond donors (Lipinski definition) is 0. The van der Waals surface area contributed by atoms with Crippen LogP contribution in [-0.2, 0) is 0 Å². The van der Waals surface area contributed by atoms with E-state index in [0.29, 0.717) is 23.0 Å². The molecule has 0 unspecified atom stereocenters. The maximum Gasteiger partial charge on any atom is 0.155 e. The molecule has 0 amide bonds. The molecular weight excluding hydrogens is 967 g/mol. The minimum absolute atomic E-state index is 0.607. The predicted octanol–water partition coefficient (Wildman–Crippen LogP) is 17.7. The minimum atomic E-state index is 0.607. The fourth-order valence-corrected chi connectivity index (χ4v) is 13.4. The second-order valence-corrected chi connectivity index (χ2v) is 20.4. The molecular formula is C60H34BrN5O2S2. The lowest BCUT2D eigenvalue weighted by Crippen LogP contribution is -2.07. The van der Waals surface area contributed by atoms with E-state index >= 15 is 0 Å². The zero-order valence-corrected chi connectivity index (χ0v) is 40.1. The van der Waals surface area contributed by atoms with Crippen molar-refractivity contribution in [3.8, 4) is 40.1 Å². The summed E-state index contributed by atoms with van der Waals surface area (Å²) >= 11 is 7.71. The molecule has 0 aliphatic heterocycles. The number of thiophene rings is 2. The third-order valence-corrected chi connectivity index (χ3v) is 16.6. The van der Waals surface area contributed by atoms with E-state index in [1.807, 2.05) is 88.0 Å². The standard InChI is InChI=1S/C60H34BrN5O2S2/c61-59-47(64-42-21-6-1-16-37(42)55-45(64)30-32-53-57(55)39-18-3-9-28-51(39)69-53)24-12-26-49(59)67-35-14-11-15-36(34-35)68-50-27-13-25-48(60(50)66-44-23-8-5-20-41(44)62-63-66)65-43-22-7-2-17-38(43)56-46(65)31-33-54-58(56)40-19-4-10-29-52(40)70-54/h1-34H. The molecule has 0 atom stereocenters. The Morgan fingerprint density at radius 2 is 0.886 bits per heavy atom. The van der Waals surface area contributed by atoms with Crippen LogP contribution < -0.4 is 9.47 Å². The molecule has 0 aliphatic rings. The van der Waals surface area contributed by atoms with Gasteiger partial charge in [-0.2, -0.15) is 0 Å². The molecule has 15 aromatic rings. The lowest BCUT2D eigenvalue weighted by atomic mass is 10.1. The minimum Gasteiger partial charge on any atom is -0.456 e. The Hall–Kier alpha value is -8.28. The number of hydrogen-bond acceptors (Lipinski definition) is 6. The molecule has 0 radical (unpaired) electrons. The van der Waals surface area contributed by atoms with Gasteiger partial charge in [0.2, 0.25) is 0 Å². The Morgan fingerprint density at radius 1 is 0.386 bits per heavy atom. The van der Waals surface area contributed by atoms with Gasteiger partial charge in [0.1, 0.15) is 28.5 Å².